The van der Waals surface area contributed by atoms with Gasteiger partial charge in [-0.15, -0.1) is 0 Å². The van der Waals surface area contributed by atoms with Crippen LogP contribution in [0.5, 0.6) is 0 Å². The lowest BCUT2D eigenvalue weighted by Gasteiger charge is -2.12. The summed E-state index contributed by atoms with van der Waals surface area (Å²) in [5.74, 6) is -1.14. The number of nitrogens with zero attached hydrogens (tertiary/aromatic N) is 4. The Morgan fingerprint density at radius 2 is 1.79 bits per heavy atom. The summed E-state index contributed by atoms with van der Waals surface area (Å²) in [7, 11) is 0. The Hall–Kier alpha value is -3.81. The number of rotatable bonds is 4. The van der Waals surface area contributed by atoms with Crippen molar-refractivity contribution < 1.29 is 13.6 Å². The van der Waals surface area contributed by atoms with E-state index >= 15 is 0 Å². The molecule has 0 aliphatic carbocycles. The van der Waals surface area contributed by atoms with Gasteiger partial charge in [0.2, 0.25) is 0 Å². The van der Waals surface area contributed by atoms with Crippen molar-refractivity contribution in [1.82, 2.24) is 19.3 Å². The number of halogens is 2. The highest BCUT2D eigenvalue weighted by atomic mass is 19.1. The van der Waals surface area contributed by atoms with Crippen molar-refractivity contribution in [3.63, 3.8) is 0 Å². The quantitative estimate of drug-likeness (QED) is 0.585. The molecule has 1 aromatic carbocycles. The molecule has 3 heterocycles. The van der Waals surface area contributed by atoms with Crippen molar-refractivity contribution in [2.24, 2.45) is 0 Å². The van der Waals surface area contributed by atoms with Crippen LogP contribution in [0.15, 0.2) is 67.3 Å². The van der Waals surface area contributed by atoms with E-state index < -0.39 is 17.5 Å². The Kier molecular flexibility index (Phi) is 4.44. The molecule has 0 atom stereocenters. The fraction of sp³-hybridized carbons (Fsp3) is 0.0500. The first kappa shape index (κ1) is 17.6. The third kappa shape index (κ3) is 3.27. The molecular weight excluding hydrogens is 364 g/mol. The van der Waals surface area contributed by atoms with Gasteiger partial charge >= 0.3 is 0 Å². The first-order valence-corrected chi connectivity index (χ1v) is 8.44. The largest absolute Gasteiger partial charge is 0.308 e. The summed E-state index contributed by atoms with van der Waals surface area (Å²) in [6, 6.07) is 10.2. The zero-order valence-electron chi connectivity index (χ0n) is 14.8. The van der Waals surface area contributed by atoms with Crippen molar-refractivity contribution in [3.8, 4) is 11.5 Å². The lowest BCUT2D eigenvalue weighted by Crippen LogP contribution is -2.16. The van der Waals surface area contributed by atoms with Gasteiger partial charge in [-0.25, -0.2) is 18.4 Å². The molecular formula is C20H15F2N5O. The molecule has 4 aromatic rings. The SMILES string of the molecule is Cc1cccnc1NC(=O)c1cnn(-c2cc(F)cc(F)c2)c1-n1cccc1. The third-order valence-electron chi connectivity index (χ3n) is 4.17. The number of pyridine rings is 1. The molecule has 1 N–H and O–H groups in total. The summed E-state index contributed by atoms with van der Waals surface area (Å²) in [6.07, 6.45) is 6.36. The monoisotopic (exact) mass is 379 g/mol. The number of benzene rings is 1. The Balaban J connectivity index is 1.81. The molecule has 28 heavy (non-hydrogen) atoms. The standard InChI is InChI=1S/C20H15F2N5O/c1-13-5-4-6-23-18(13)25-19(28)17-12-24-27(20(17)26-7-2-3-8-26)16-10-14(21)9-15(22)11-16/h2-12H,1H3,(H,23,25,28). The average Bonchev–Trinajstić information content (AvgIpc) is 3.32. The van der Waals surface area contributed by atoms with Crippen molar-refractivity contribution >= 4 is 11.7 Å². The maximum atomic E-state index is 13.7. The van der Waals surface area contributed by atoms with E-state index in [1.165, 1.54) is 10.9 Å². The molecule has 8 heteroatoms. The van der Waals surface area contributed by atoms with Crippen LogP contribution < -0.4 is 5.32 Å². The van der Waals surface area contributed by atoms with Gasteiger partial charge in [0.15, 0.2) is 5.82 Å². The zero-order valence-corrected chi connectivity index (χ0v) is 14.8. The van der Waals surface area contributed by atoms with Gasteiger partial charge in [-0.3, -0.25) is 4.79 Å². The van der Waals surface area contributed by atoms with Crippen LogP contribution in [0, 0.1) is 18.6 Å². The topological polar surface area (TPSA) is 64.7 Å². The van der Waals surface area contributed by atoms with Crippen LogP contribution >= 0.6 is 0 Å². The minimum Gasteiger partial charge on any atom is -0.308 e. The molecule has 0 radical (unpaired) electrons. The molecule has 0 fully saturated rings. The number of carbonyl (C=O) groups is 1. The highest BCUT2D eigenvalue weighted by Gasteiger charge is 2.21. The summed E-state index contributed by atoms with van der Waals surface area (Å²) < 4.78 is 30.4. The predicted molar refractivity (Wildman–Crippen MR) is 99.7 cm³/mol. The minimum absolute atomic E-state index is 0.161. The fourth-order valence-electron chi connectivity index (χ4n) is 2.87. The van der Waals surface area contributed by atoms with Gasteiger partial charge in [-0.1, -0.05) is 6.07 Å². The van der Waals surface area contributed by atoms with Gasteiger partial charge < -0.3 is 9.88 Å². The molecule has 0 saturated heterocycles. The lowest BCUT2D eigenvalue weighted by atomic mass is 10.2. The van der Waals surface area contributed by atoms with Crippen molar-refractivity contribution in [2.75, 3.05) is 5.32 Å². The minimum atomic E-state index is -0.737. The third-order valence-corrected chi connectivity index (χ3v) is 4.17. The maximum absolute atomic E-state index is 13.7. The number of aromatic nitrogens is 4. The van der Waals surface area contributed by atoms with Crippen LogP contribution in [-0.2, 0) is 0 Å². The Morgan fingerprint density at radius 1 is 1.07 bits per heavy atom. The van der Waals surface area contributed by atoms with E-state index in [0.717, 1.165) is 23.8 Å². The van der Waals surface area contributed by atoms with E-state index in [0.29, 0.717) is 11.6 Å². The second-order valence-corrected chi connectivity index (χ2v) is 6.13. The zero-order chi connectivity index (χ0) is 19.7. The molecule has 6 nitrogen and oxygen atoms in total. The molecule has 0 saturated carbocycles. The Morgan fingerprint density at radius 3 is 2.46 bits per heavy atom. The molecule has 0 aliphatic heterocycles. The molecule has 4 rings (SSSR count). The van der Waals surface area contributed by atoms with E-state index in [4.69, 9.17) is 0 Å². The van der Waals surface area contributed by atoms with Crippen LogP contribution in [0.2, 0.25) is 0 Å². The van der Waals surface area contributed by atoms with Crippen LogP contribution in [0.3, 0.4) is 0 Å². The van der Waals surface area contributed by atoms with Gasteiger partial charge in [0.1, 0.15) is 23.0 Å². The van der Waals surface area contributed by atoms with Gasteiger partial charge in [0.05, 0.1) is 11.9 Å². The predicted octanol–water partition coefficient (Wildman–Crippen LogP) is 3.90. The summed E-state index contributed by atoms with van der Waals surface area (Å²) >= 11 is 0. The number of aryl methyl sites for hydroxylation is 1. The van der Waals surface area contributed by atoms with Gasteiger partial charge in [0, 0.05) is 24.7 Å². The van der Waals surface area contributed by atoms with Gasteiger partial charge in [-0.2, -0.15) is 5.10 Å². The number of nitrogens with one attached hydrogen (secondary N) is 1. The number of hydrogen-bond donors (Lipinski definition) is 1. The molecule has 0 unspecified atom stereocenters. The summed E-state index contributed by atoms with van der Waals surface area (Å²) in [4.78, 5) is 17.1. The van der Waals surface area contributed by atoms with Crippen LogP contribution in [0.25, 0.3) is 11.5 Å². The van der Waals surface area contributed by atoms with E-state index in [1.54, 1.807) is 41.4 Å². The Labute approximate surface area is 159 Å². The summed E-state index contributed by atoms with van der Waals surface area (Å²) in [6.45, 7) is 1.83. The molecule has 1 amide bonds. The van der Waals surface area contributed by atoms with Crippen molar-refractivity contribution in [2.45, 2.75) is 6.92 Å². The lowest BCUT2D eigenvalue weighted by molar-refractivity contribution is 0.102. The highest BCUT2D eigenvalue weighted by Crippen LogP contribution is 2.22. The van der Waals surface area contributed by atoms with Crippen molar-refractivity contribution in [1.29, 1.82) is 0 Å². The first-order valence-electron chi connectivity index (χ1n) is 8.44. The van der Waals surface area contributed by atoms with Crippen LogP contribution in [0.1, 0.15) is 15.9 Å². The van der Waals surface area contributed by atoms with E-state index in [2.05, 4.69) is 15.4 Å². The number of anilines is 1. The van der Waals surface area contributed by atoms with E-state index in [9.17, 15) is 13.6 Å². The number of carbonyl (C=O) groups excluding carboxylic acids is 1. The maximum Gasteiger partial charge on any atom is 0.262 e. The second-order valence-electron chi connectivity index (χ2n) is 6.13. The van der Waals surface area contributed by atoms with E-state index in [1.807, 2.05) is 13.0 Å². The average molecular weight is 379 g/mol. The summed E-state index contributed by atoms with van der Waals surface area (Å²) in [5, 5.41) is 6.94. The van der Waals surface area contributed by atoms with Crippen LogP contribution in [-0.4, -0.2) is 25.2 Å². The number of amides is 1. The summed E-state index contributed by atoms with van der Waals surface area (Å²) in [5.41, 5.74) is 1.19. The van der Waals surface area contributed by atoms with Gasteiger partial charge in [0.25, 0.3) is 5.91 Å². The normalized spacial score (nSPS) is 10.8. The highest BCUT2D eigenvalue weighted by molar-refractivity contribution is 6.06. The second kappa shape index (κ2) is 7.07. The van der Waals surface area contributed by atoms with Crippen molar-refractivity contribution in [3.05, 3.63) is 90.0 Å². The molecule has 0 bridgehead atoms. The molecule has 3 aromatic heterocycles. The molecule has 0 aliphatic rings. The smallest absolute Gasteiger partial charge is 0.262 e. The fourth-order valence-corrected chi connectivity index (χ4v) is 2.87. The number of hydrogen-bond acceptors (Lipinski definition) is 3. The van der Waals surface area contributed by atoms with Crippen LogP contribution in [0.4, 0.5) is 14.6 Å². The van der Waals surface area contributed by atoms with E-state index in [-0.39, 0.29) is 11.3 Å². The first-order chi connectivity index (χ1) is 13.5. The molecule has 140 valence electrons. The van der Waals surface area contributed by atoms with Gasteiger partial charge in [-0.05, 0) is 42.8 Å². The molecule has 0 spiro atoms. The Bertz CT molecular complexity index is 1130.